The molecule has 0 bridgehead atoms. The van der Waals surface area contributed by atoms with E-state index in [4.69, 9.17) is 18.9 Å². The van der Waals surface area contributed by atoms with Crippen molar-refractivity contribution in [2.75, 3.05) is 78.8 Å². The van der Waals surface area contributed by atoms with Gasteiger partial charge in [-0.25, -0.2) is 9.59 Å². The number of carbonyl (C=O) groups is 4. The van der Waals surface area contributed by atoms with Crippen LogP contribution >= 0.6 is 0 Å². The Kier molecular flexibility index (Phi) is 18.9. The molecule has 0 aromatic carbocycles. The highest BCUT2D eigenvalue weighted by Gasteiger charge is 2.17. The SMILES string of the molecule is CC(C)(C)OC(=O)NCCOC(=O)CCN(CCO)CCN(CCO)CCC(=O)OCCNC(=O)OC(C)(C)C. The number of carbonyl (C=O) groups excluding carboxylic acids is 4. The number of aliphatic hydroxyl groups is 2. The van der Waals surface area contributed by atoms with Gasteiger partial charge in [0.25, 0.3) is 0 Å². The number of aliphatic hydroxyl groups excluding tert-OH is 2. The second-order valence-corrected chi connectivity index (χ2v) is 10.9. The largest absolute Gasteiger partial charge is 0.464 e. The predicted octanol–water partition coefficient (Wildman–Crippen LogP) is 0.491. The fourth-order valence-electron chi connectivity index (χ4n) is 3.14. The summed E-state index contributed by atoms with van der Waals surface area (Å²) in [6.45, 7) is 12.9. The Morgan fingerprint density at radius 1 is 0.600 bits per heavy atom. The Hall–Kier alpha value is -2.68. The molecule has 234 valence electrons. The van der Waals surface area contributed by atoms with Crippen LogP contribution in [0.25, 0.3) is 0 Å². The van der Waals surface area contributed by atoms with Crippen LogP contribution in [-0.4, -0.2) is 134 Å². The van der Waals surface area contributed by atoms with Crippen LogP contribution in [0.1, 0.15) is 54.4 Å². The zero-order chi connectivity index (χ0) is 30.6. The van der Waals surface area contributed by atoms with Crippen molar-refractivity contribution in [1.29, 1.82) is 0 Å². The van der Waals surface area contributed by atoms with Crippen LogP contribution < -0.4 is 10.6 Å². The first kappa shape index (κ1) is 37.3. The van der Waals surface area contributed by atoms with E-state index in [1.165, 1.54) is 0 Å². The van der Waals surface area contributed by atoms with Crippen molar-refractivity contribution >= 4 is 24.1 Å². The number of alkyl carbamates (subject to hydrolysis) is 2. The van der Waals surface area contributed by atoms with Gasteiger partial charge in [0, 0.05) is 39.3 Å². The summed E-state index contributed by atoms with van der Waals surface area (Å²) >= 11 is 0. The van der Waals surface area contributed by atoms with Gasteiger partial charge < -0.3 is 39.8 Å². The van der Waals surface area contributed by atoms with Crippen molar-refractivity contribution in [2.24, 2.45) is 0 Å². The van der Waals surface area contributed by atoms with E-state index in [1.54, 1.807) is 41.5 Å². The molecule has 4 N–H and O–H groups in total. The fourth-order valence-corrected chi connectivity index (χ4v) is 3.14. The molecule has 0 aliphatic carbocycles. The first-order valence-corrected chi connectivity index (χ1v) is 13.6. The van der Waals surface area contributed by atoms with Crippen LogP contribution in [0.3, 0.4) is 0 Å². The molecule has 14 nitrogen and oxygen atoms in total. The summed E-state index contributed by atoms with van der Waals surface area (Å²) in [5.41, 5.74) is -1.23. The zero-order valence-electron chi connectivity index (χ0n) is 25.0. The number of rotatable bonds is 19. The number of nitrogens with one attached hydrogen (secondary N) is 2. The van der Waals surface area contributed by atoms with Gasteiger partial charge in [0.1, 0.15) is 24.4 Å². The van der Waals surface area contributed by atoms with E-state index in [0.29, 0.717) is 39.3 Å². The van der Waals surface area contributed by atoms with Gasteiger partial charge in [0.2, 0.25) is 0 Å². The Morgan fingerprint density at radius 2 is 0.950 bits per heavy atom. The Balaban J connectivity index is 4.31. The number of esters is 2. The number of nitrogens with zero attached hydrogens (tertiary/aromatic N) is 2. The maximum Gasteiger partial charge on any atom is 0.407 e. The maximum absolute atomic E-state index is 12.1. The second kappa shape index (κ2) is 20.2. The molecule has 40 heavy (non-hydrogen) atoms. The highest BCUT2D eigenvalue weighted by Crippen LogP contribution is 2.07. The van der Waals surface area contributed by atoms with E-state index >= 15 is 0 Å². The third kappa shape index (κ3) is 23.2. The van der Waals surface area contributed by atoms with Crippen LogP contribution in [0, 0.1) is 0 Å². The van der Waals surface area contributed by atoms with Gasteiger partial charge in [0.05, 0.1) is 39.1 Å². The predicted molar refractivity (Wildman–Crippen MR) is 147 cm³/mol. The summed E-state index contributed by atoms with van der Waals surface area (Å²) < 4.78 is 20.5. The van der Waals surface area contributed by atoms with Gasteiger partial charge in [0.15, 0.2) is 0 Å². The molecular formula is C26H50N4O10. The molecule has 0 rings (SSSR count). The minimum absolute atomic E-state index is 0.00944. The third-order valence-electron chi connectivity index (χ3n) is 4.90. The molecule has 0 saturated carbocycles. The second-order valence-electron chi connectivity index (χ2n) is 10.9. The molecule has 14 heteroatoms. The molecule has 0 atom stereocenters. The van der Waals surface area contributed by atoms with Crippen molar-refractivity contribution in [3.63, 3.8) is 0 Å². The molecule has 0 saturated heterocycles. The summed E-state index contributed by atoms with van der Waals surface area (Å²) in [6.07, 6.45) is -0.992. The molecule has 0 heterocycles. The first-order valence-electron chi connectivity index (χ1n) is 13.6. The Morgan fingerprint density at radius 3 is 1.25 bits per heavy atom. The van der Waals surface area contributed by atoms with Gasteiger partial charge in [-0.15, -0.1) is 0 Å². The van der Waals surface area contributed by atoms with Gasteiger partial charge in [-0.2, -0.15) is 0 Å². The van der Waals surface area contributed by atoms with E-state index < -0.39 is 35.3 Å². The lowest BCUT2D eigenvalue weighted by atomic mass is 10.2. The van der Waals surface area contributed by atoms with Crippen molar-refractivity contribution in [2.45, 2.75) is 65.6 Å². The summed E-state index contributed by atoms with van der Waals surface area (Å²) in [4.78, 5) is 51.1. The minimum atomic E-state index is -0.616. The molecule has 0 aromatic heterocycles. The van der Waals surface area contributed by atoms with Crippen LogP contribution in [0.4, 0.5) is 9.59 Å². The van der Waals surface area contributed by atoms with Gasteiger partial charge >= 0.3 is 24.1 Å². The monoisotopic (exact) mass is 578 g/mol. The van der Waals surface area contributed by atoms with Gasteiger partial charge in [-0.05, 0) is 41.5 Å². The lowest BCUT2D eigenvalue weighted by molar-refractivity contribution is -0.145. The number of hydrogen-bond donors (Lipinski definition) is 4. The molecule has 0 aliphatic rings. The standard InChI is InChI=1S/C26H50N4O10/c1-25(2,3)39-23(35)27-9-19-37-21(33)7-11-29(15-17-31)13-14-30(16-18-32)12-8-22(34)38-20-10-28-24(36)40-26(4,5)6/h31-32H,7-20H2,1-6H3,(H,27,35)(H,28,36). The van der Waals surface area contributed by atoms with E-state index in [9.17, 15) is 29.4 Å². The summed E-state index contributed by atoms with van der Waals surface area (Å²) in [5, 5.41) is 23.8. The highest BCUT2D eigenvalue weighted by atomic mass is 16.6. The fraction of sp³-hybridized carbons (Fsp3) is 0.846. The minimum Gasteiger partial charge on any atom is -0.464 e. The molecule has 2 amide bonds. The van der Waals surface area contributed by atoms with Crippen LogP contribution in [0.2, 0.25) is 0 Å². The van der Waals surface area contributed by atoms with E-state index in [-0.39, 0.29) is 52.4 Å². The van der Waals surface area contributed by atoms with Crippen LogP contribution in [-0.2, 0) is 28.5 Å². The van der Waals surface area contributed by atoms with Crippen LogP contribution in [0.15, 0.2) is 0 Å². The average Bonchev–Trinajstić information content (AvgIpc) is 2.82. The number of ether oxygens (including phenoxy) is 4. The molecule has 0 aromatic rings. The molecule has 0 aliphatic heterocycles. The Bertz CT molecular complexity index is 691. The molecule has 0 fully saturated rings. The van der Waals surface area contributed by atoms with Gasteiger partial charge in [-0.1, -0.05) is 0 Å². The van der Waals surface area contributed by atoms with Crippen LogP contribution in [0.5, 0.6) is 0 Å². The molecule has 0 spiro atoms. The number of amides is 2. The maximum atomic E-state index is 12.1. The Labute approximate surface area is 237 Å². The van der Waals surface area contributed by atoms with E-state index in [0.717, 1.165) is 0 Å². The zero-order valence-corrected chi connectivity index (χ0v) is 25.0. The molecular weight excluding hydrogens is 528 g/mol. The summed E-state index contributed by atoms with van der Waals surface area (Å²) in [6, 6.07) is 0. The van der Waals surface area contributed by atoms with E-state index in [1.807, 2.05) is 9.80 Å². The summed E-state index contributed by atoms with van der Waals surface area (Å²) in [5.74, 6) is -0.880. The normalized spacial score (nSPS) is 11.8. The third-order valence-corrected chi connectivity index (χ3v) is 4.90. The molecule has 0 unspecified atom stereocenters. The van der Waals surface area contributed by atoms with Gasteiger partial charge in [-0.3, -0.25) is 19.4 Å². The summed E-state index contributed by atoms with van der Waals surface area (Å²) in [7, 11) is 0. The topological polar surface area (TPSA) is 176 Å². The highest BCUT2D eigenvalue weighted by molar-refractivity contribution is 5.70. The quantitative estimate of drug-likeness (QED) is 0.0949. The van der Waals surface area contributed by atoms with E-state index in [2.05, 4.69) is 10.6 Å². The molecule has 0 radical (unpaired) electrons. The van der Waals surface area contributed by atoms with Crippen molar-refractivity contribution in [3.05, 3.63) is 0 Å². The average molecular weight is 579 g/mol. The first-order chi connectivity index (χ1) is 18.6. The van der Waals surface area contributed by atoms with Crippen molar-refractivity contribution in [3.8, 4) is 0 Å². The van der Waals surface area contributed by atoms with Crippen molar-refractivity contribution in [1.82, 2.24) is 20.4 Å². The number of hydrogen-bond acceptors (Lipinski definition) is 12. The lowest BCUT2D eigenvalue weighted by Crippen LogP contribution is -2.40. The lowest BCUT2D eigenvalue weighted by Gasteiger charge is -2.26. The van der Waals surface area contributed by atoms with Crippen molar-refractivity contribution < 1.29 is 48.3 Å². The smallest absolute Gasteiger partial charge is 0.407 e.